The minimum Gasteiger partial charge on any atom is -0.854 e. The Morgan fingerprint density at radius 2 is 1.86 bits per heavy atom. The van der Waals surface area contributed by atoms with Gasteiger partial charge in [-0.25, -0.2) is 9.88 Å². The van der Waals surface area contributed by atoms with Crippen molar-refractivity contribution in [2.24, 2.45) is 0 Å². The second kappa shape index (κ2) is 7.24. The molecule has 28 heavy (non-hydrogen) atoms. The minimum absolute atomic E-state index is 0.196. The van der Waals surface area contributed by atoms with Crippen LogP contribution in [0.15, 0.2) is 47.6 Å². The summed E-state index contributed by atoms with van der Waals surface area (Å²) < 4.78 is 1.55. The largest absolute Gasteiger partial charge is 0.854 e. The minimum atomic E-state index is -0.653. The molecule has 0 radical (unpaired) electrons. The van der Waals surface area contributed by atoms with E-state index in [-0.39, 0.29) is 11.6 Å². The lowest BCUT2D eigenvalue weighted by Crippen LogP contribution is -2.58. The summed E-state index contributed by atoms with van der Waals surface area (Å²) in [6.45, 7) is 1.47. The number of anilines is 1. The number of carbonyl (C=O) groups is 1. The maximum atomic E-state index is 12.9. The van der Waals surface area contributed by atoms with Gasteiger partial charge in [-0.1, -0.05) is 39.6 Å². The van der Waals surface area contributed by atoms with Crippen LogP contribution in [0.5, 0.6) is 5.88 Å². The molecule has 1 aromatic heterocycles. The van der Waals surface area contributed by atoms with Crippen LogP contribution in [0.4, 0.5) is 5.69 Å². The van der Waals surface area contributed by atoms with Gasteiger partial charge in [-0.3, -0.25) is 4.79 Å². The van der Waals surface area contributed by atoms with Crippen LogP contribution in [0.1, 0.15) is 18.7 Å². The summed E-state index contributed by atoms with van der Waals surface area (Å²) in [5.41, 5.74) is 2.14. The first kappa shape index (κ1) is 19.0. The van der Waals surface area contributed by atoms with E-state index in [1.54, 1.807) is 46.2 Å². The van der Waals surface area contributed by atoms with Gasteiger partial charge in [0.05, 0.1) is 17.1 Å². The number of aromatic nitrogens is 3. The fourth-order valence-corrected chi connectivity index (χ4v) is 3.96. The monoisotopic (exact) mass is 432 g/mol. The van der Waals surface area contributed by atoms with Gasteiger partial charge in [0.25, 0.3) is 17.0 Å². The van der Waals surface area contributed by atoms with Crippen molar-refractivity contribution in [3.63, 3.8) is 0 Å². The summed E-state index contributed by atoms with van der Waals surface area (Å²) in [7, 11) is 0. The van der Waals surface area contributed by atoms with Gasteiger partial charge >= 0.3 is 0 Å². The molecule has 1 atom stereocenters. The first-order valence-corrected chi connectivity index (χ1v) is 10.3. The van der Waals surface area contributed by atoms with Gasteiger partial charge in [0.2, 0.25) is 5.91 Å². The number of fused-ring (bicyclic) bond motifs is 3. The summed E-state index contributed by atoms with van der Waals surface area (Å²) in [5, 5.41) is 18.7. The van der Waals surface area contributed by atoms with Gasteiger partial charge in [-0.05, 0) is 48.7 Å². The molecule has 6 nitrogen and oxygen atoms in total. The van der Waals surface area contributed by atoms with Crippen molar-refractivity contribution in [1.82, 2.24) is 10.1 Å². The van der Waals surface area contributed by atoms with Crippen molar-refractivity contribution in [1.29, 1.82) is 0 Å². The molecule has 1 aliphatic rings. The van der Waals surface area contributed by atoms with E-state index in [0.29, 0.717) is 26.5 Å². The zero-order valence-corrected chi connectivity index (χ0v) is 17.2. The topological polar surface area (TPSA) is 73.0 Å². The zero-order chi connectivity index (χ0) is 20.0. The van der Waals surface area contributed by atoms with E-state index >= 15 is 0 Å². The van der Waals surface area contributed by atoms with E-state index in [1.165, 1.54) is 18.7 Å². The van der Waals surface area contributed by atoms with Crippen LogP contribution >= 0.6 is 35.0 Å². The Morgan fingerprint density at radius 3 is 2.50 bits per heavy atom. The number of hydrogen-bond acceptors (Lipinski definition) is 5. The van der Waals surface area contributed by atoms with Crippen molar-refractivity contribution in [3.8, 4) is 17.1 Å². The normalized spacial score (nSPS) is 15.1. The molecule has 1 unspecified atom stereocenters. The molecule has 142 valence electrons. The molecule has 1 aliphatic heterocycles. The molecule has 0 spiro atoms. The zero-order valence-electron chi connectivity index (χ0n) is 14.9. The highest BCUT2D eigenvalue weighted by atomic mass is 35.5. The lowest BCUT2D eigenvalue weighted by atomic mass is 10.0. The summed E-state index contributed by atoms with van der Waals surface area (Å²) in [6.07, 6.45) is 1.13. The number of thioether (sulfide) groups is 1. The van der Waals surface area contributed by atoms with Crippen molar-refractivity contribution >= 4 is 46.6 Å². The molecular weight excluding hydrogens is 419 g/mol. The van der Waals surface area contributed by atoms with Crippen LogP contribution in [0.25, 0.3) is 11.3 Å². The molecular formula is C19H14Cl2N4O2S. The number of rotatable bonds is 2. The van der Waals surface area contributed by atoms with Gasteiger partial charge in [0.1, 0.15) is 0 Å². The third-order valence-electron chi connectivity index (χ3n) is 4.46. The fourth-order valence-electron chi connectivity index (χ4n) is 3.32. The predicted octanol–water partition coefficient (Wildman–Crippen LogP) is 3.45. The third kappa shape index (κ3) is 3.09. The maximum Gasteiger partial charge on any atom is 0.293 e. The SMILES string of the molecule is CSc1nc([O-])c2[n+](n1)C(c1ccc(Cl)cc1)N(C(C)=O)c1ccc(Cl)cc1-2. The average Bonchev–Trinajstić information content (AvgIpc) is 2.67. The Kier molecular flexibility index (Phi) is 4.91. The quantitative estimate of drug-likeness (QED) is 0.457. The molecule has 2 aromatic carbocycles. The standard InChI is InChI=1S/C19H14Cl2N4O2S/c1-10(26)24-15-8-7-13(21)9-14(15)16-17(27)22-19(28-2)23-25(16)18(24)11-3-5-12(20)6-4-11/h3-9,18H,1-2H3. The van der Waals surface area contributed by atoms with Crippen LogP contribution < -0.4 is 14.7 Å². The fraction of sp³-hybridized carbons (Fsp3) is 0.158. The highest BCUT2D eigenvalue weighted by Gasteiger charge is 2.43. The summed E-state index contributed by atoms with van der Waals surface area (Å²) in [5.74, 6) is -0.622. The average molecular weight is 433 g/mol. The Hall–Kier alpha value is -2.35. The second-order valence-electron chi connectivity index (χ2n) is 6.17. The third-order valence-corrected chi connectivity index (χ3v) is 5.49. The molecule has 9 heteroatoms. The maximum absolute atomic E-state index is 12.9. The highest BCUT2D eigenvalue weighted by molar-refractivity contribution is 7.98. The lowest BCUT2D eigenvalue weighted by Gasteiger charge is -2.33. The highest BCUT2D eigenvalue weighted by Crippen LogP contribution is 2.42. The van der Waals surface area contributed by atoms with Crippen molar-refractivity contribution < 1.29 is 14.6 Å². The van der Waals surface area contributed by atoms with E-state index in [1.807, 2.05) is 12.1 Å². The second-order valence-corrected chi connectivity index (χ2v) is 7.82. The molecule has 0 fully saturated rings. The van der Waals surface area contributed by atoms with E-state index in [0.717, 1.165) is 5.56 Å². The first-order valence-electron chi connectivity index (χ1n) is 8.30. The number of carbonyl (C=O) groups excluding carboxylic acids is 1. The molecule has 0 bridgehead atoms. The van der Waals surface area contributed by atoms with Crippen LogP contribution in [0.2, 0.25) is 10.0 Å². The molecule has 1 amide bonds. The molecule has 0 N–H and O–H groups in total. The smallest absolute Gasteiger partial charge is 0.293 e. The molecule has 2 heterocycles. The Balaban J connectivity index is 2.08. The van der Waals surface area contributed by atoms with Crippen LogP contribution in [0.3, 0.4) is 0 Å². The van der Waals surface area contributed by atoms with E-state index < -0.39 is 12.0 Å². The number of nitrogens with zero attached hydrogens (tertiary/aromatic N) is 4. The summed E-state index contributed by atoms with van der Waals surface area (Å²) in [6, 6.07) is 12.2. The van der Waals surface area contributed by atoms with E-state index in [4.69, 9.17) is 23.2 Å². The molecule has 4 rings (SSSR count). The van der Waals surface area contributed by atoms with Crippen LogP contribution in [-0.2, 0) is 4.79 Å². The number of benzene rings is 2. The van der Waals surface area contributed by atoms with Crippen molar-refractivity contribution in [3.05, 3.63) is 58.1 Å². The van der Waals surface area contributed by atoms with Gasteiger partial charge in [0.15, 0.2) is 0 Å². The van der Waals surface area contributed by atoms with Crippen molar-refractivity contribution in [2.75, 3.05) is 11.2 Å². The number of amides is 1. The van der Waals surface area contributed by atoms with Gasteiger partial charge < -0.3 is 5.11 Å². The first-order chi connectivity index (χ1) is 13.4. The predicted molar refractivity (Wildman–Crippen MR) is 107 cm³/mol. The molecule has 0 aliphatic carbocycles. The molecule has 0 saturated heterocycles. The summed E-state index contributed by atoms with van der Waals surface area (Å²) >= 11 is 13.5. The van der Waals surface area contributed by atoms with Gasteiger partial charge in [0, 0.05) is 27.6 Å². The number of halogens is 2. The van der Waals surface area contributed by atoms with Crippen LogP contribution in [-0.4, -0.2) is 22.2 Å². The molecule has 3 aromatic rings. The Bertz CT molecular complexity index is 1090. The molecule has 0 saturated carbocycles. The van der Waals surface area contributed by atoms with E-state index in [9.17, 15) is 9.90 Å². The number of hydrogen-bond donors (Lipinski definition) is 0. The van der Waals surface area contributed by atoms with Crippen LogP contribution in [0, 0.1) is 0 Å². The lowest BCUT2D eigenvalue weighted by molar-refractivity contribution is -0.764. The summed E-state index contributed by atoms with van der Waals surface area (Å²) in [4.78, 5) is 18.3. The van der Waals surface area contributed by atoms with E-state index in [2.05, 4.69) is 10.1 Å². The van der Waals surface area contributed by atoms with Gasteiger partial charge in [-0.2, -0.15) is 0 Å². The van der Waals surface area contributed by atoms with Gasteiger partial charge in [-0.15, -0.1) is 0 Å². The Labute approximate surface area is 175 Å². The Morgan fingerprint density at radius 1 is 1.18 bits per heavy atom. The van der Waals surface area contributed by atoms with Crippen molar-refractivity contribution in [2.45, 2.75) is 18.2 Å².